The van der Waals surface area contributed by atoms with Gasteiger partial charge in [0.15, 0.2) is 0 Å². The van der Waals surface area contributed by atoms with Crippen molar-refractivity contribution in [2.75, 3.05) is 6.54 Å². The molecule has 0 radical (unpaired) electrons. The second-order valence-electron chi connectivity index (χ2n) is 8.60. The van der Waals surface area contributed by atoms with Gasteiger partial charge < -0.3 is 5.11 Å². The highest BCUT2D eigenvalue weighted by Crippen LogP contribution is 2.50. The topological polar surface area (TPSA) is 86.7 Å². The molecule has 0 bridgehead atoms. The van der Waals surface area contributed by atoms with Gasteiger partial charge in [-0.15, -0.1) is 0 Å². The highest BCUT2D eigenvalue weighted by atomic mass is 16.4. The number of aliphatic carboxylic acids is 1. The number of imide groups is 1. The number of hydrogen-bond acceptors (Lipinski definition) is 4. The number of nitrogens with one attached hydrogen (secondary N) is 1. The molecule has 2 aromatic carbocycles. The van der Waals surface area contributed by atoms with Crippen LogP contribution in [0.25, 0.3) is 0 Å². The third-order valence-corrected chi connectivity index (χ3v) is 6.71. The van der Waals surface area contributed by atoms with Gasteiger partial charge in [-0.1, -0.05) is 67.9 Å². The van der Waals surface area contributed by atoms with Crippen LogP contribution in [0.15, 0.2) is 54.6 Å². The summed E-state index contributed by atoms with van der Waals surface area (Å²) in [5.74, 6) is -3.41. The molecular formula is C25H28N2O4. The number of aryl methyl sites for hydroxylation is 1. The number of carboxylic acid groups (broad SMARTS) is 1. The van der Waals surface area contributed by atoms with Crippen molar-refractivity contribution >= 4 is 17.8 Å². The van der Waals surface area contributed by atoms with Gasteiger partial charge in [0.05, 0.1) is 11.8 Å². The summed E-state index contributed by atoms with van der Waals surface area (Å²) in [5.41, 5.74) is 1.10. The minimum atomic E-state index is -1.55. The van der Waals surface area contributed by atoms with Gasteiger partial charge in [-0.25, -0.2) is 0 Å². The number of unbranched alkanes of at least 4 members (excludes halogenated alkanes) is 1. The van der Waals surface area contributed by atoms with Gasteiger partial charge >= 0.3 is 5.97 Å². The predicted octanol–water partition coefficient (Wildman–Crippen LogP) is 3.11. The van der Waals surface area contributed by atoms with Crippen LogP contribution in [-0.2, 0) is 20.8 Å². The number of rotatable bonds is 7. The molecule has 0 aliphatic carbocycles. The lowest BCUT2D eigenvalue weighted by Gasteiger charge is -2.31. The fourth-order valence-electron chi connectivity index (χ4n) is 5.15. The van der Waals surface area contributed by atoms with Crippen LogP contribution >= 0.6 is 0 Å². The smallest absolute Gasteiger partial charge is 0.325 e. The standard InChI is InChI=1S/C25H28N2O4/c1-3-4-14-27-22(28)19-20(23(27)29)25(24(30)31,15-17-11-6-5-7-12-17)26-21(19)18-13-9-8-10-16(18)2/h5-13,19-21,26H,3-4,14-15H2,1-2H3,(H,30,31). The number of hydrogen-bond donors (Lipinski definition) is 2. The third-order valence-electron chi connectivity index (χ3n) is 6.71. The molecule has 31 heavy (non-hydrogen) atoms. The number of nitrogens with zero attached hydrogens (tertiary/aromatic N) is 1. The fourth-order valence-corrected chi connectivity index (χ4v) is 5.15. The first-order valence-corrected chi connectivity index (χ1v) is 10.9. The molecule has 2 aromatic rings. The average Bonchev–Trinajstić information content (AvgIpc) is 3.22. The van der Waals surface area contributed by atoms with Crippen LogP contribution in [0, 0.1) is 18.8 Å². The minimum absolute atomic E-state index is 0.132. The van der Waals surface area contributed by atoms with E-state index in [1.165, 1.54) is 4.90 Å². The summed E-state index contributed by atoms with van der Waals surface area (Å²) in [6.45, 7) is 4.28. The molecule has 0 spiro atoms. The molecule has 2 amide bonds. The normalized spacial score (nSPS) is 27.5. The maximum Gasteiger partial charge on any atom is 0.325 e. The van der Waals surface area contributed by atoms with E-state index >= 15 is 0 Å². The fraction of sp³-hybridized carbons (Fsp3) is 0.400. The first kappa shape index (κ1) is 21.2. The zero-order chi connectivity index (χ0) is 22.2. The third kappa shape index (κ3) is 3.45. The van der Waals surface area contributed by atoms with Crippen molar-refractivity contribution in [2.24, 2.45) is 11.8 Å². The minimum Gasteiger partial charge on any atom is -0.480 e. The number of likely N-dealkylation sites (tertiary alicyclic amines) is 1. The summed E-state index contributed by atoms with van der Waals surface area (Å²) in [5, 5.41) is 13.7. The molecule has 4 rings (SSSR count). The van der Waals surface area contributed by atoms with Crippen LogP contribution in [0.4, 0.5) is 0 Å². The number of benzene rings is 2. The summed E-state index contributed by atoms with van der Waals surface area (Å²) in [6.07, 6.45) is 1.69. The highest BCUT2D eigenvalue weighted by Gasteiger charge is 2.68. The van der Waals surface area contributed by atoms with Crippen LogP contribution in [0.3, 0.4) is 0 Å². The lowest BCUT2D eigenvalue weighted by molar-refractivity contribution is -0.151. The maximum absolute atomic E-state index is 13.5. The molecule has 2 N–H and O–H groups in total. The van der Waals surface area contributed by atoms with E-state index in [1.54, 1.807) is 0 Å². The van der Waals surface area contributed by atoms with Crippen molar-refractivity contribution in [1.82, 2.24) is 10.2 Å². The van der Waals surface area contributed by atoms with E-state index in [2.05, 4.69) is 5.32 Å². The molecule has 0 aromatic heterocycles. The van der Waals surface area contributed by atoms with Crippen LogP contribution in [0.2, 0.25) is 0 Å². The summed E-state index contributed by atoms with van der Waals surface area (Å²) in [7, 11) is 0. The number of amides is 2. The van der Waals surface area contributed by atoms with E-state index in [-0.39, 0.29) is 18.2 Å². The maximum atomic E-state index is 13.5. The van der Waals surface area contributed by atoms with Crippen LogP contribution < -0.4 is 5.32 Å². The van der Waals surface area contributed by atoms with E-state index in [1.807, 2.05) is 68.4 Å². The van der Waals surface area contributed by atoms with Crippen molar-refractivity contribution in [3.63, 3.8) is 0 Å². The monoisotopic (exact) mass is 420 g/mol. The molecular weight excluding hydrogens is 392 g/mol. The average molecular weight is 421 g/mol. The van der Waals surface area contributed by atoms with Gasteiger partial charge in [0.1, 0.15) is 5.54 Å². The van der Waals surface area contributed by atoms with Crippen LogP contribution in [-0.4, -0.2) is 39.9 Å². The Morgan fingerprint density at radius 2 is 1.74 bits per heavy atom. The number of carbonyl (C=O) groups is 3. The second kappa shape index (κ2) is 8.27. The Morgan fingerprint density at radius 1 is 1.06 bits per heavy atom. The van der Waals surface area contributed by atoms with Crippen LogP contribution in [0.1, 0.15) is 42.5 Å². The van der Waals surface area contributed by atoms with Crippen molar-refractivity contribution in [1.29, 1.82) is 0 Å². The number of carboxylic acids is 1. The van der Waals surface area contributed by atoms with Crippen molar-refractivity contribution in [2.45, 2.75) is 44.7 Å². The Morgan fingerprint density at radius 3 is 2.39 bits per heavy atom. The SMILES string of the molecule is CCCCN1C(=O)C2C(c3ccccc3C)NC(Cc3ccccc3)(C(=O)O)C2C1=O. The van der Waals surface area contributed by atoms with E-state index < -0.39 is 29.4 Å². The molecule has 6 heteroatoms. The van der Waals surface area contributed by atoms with E-state index in [4.69, 9.17) is 0 Å². The Labute approximate surface area is 182 Å². The molecule has 6 nitrogen and oxygen atoms in total. The largest absolute Gasteiger partial charge is 0.480 e. The Bertz CT molecular complexity index is 1010. The van der Waals surface area contributed by atoms with Crippen molar-refractivity contribution in [3.05, 3.63) is 71.3 Å². The van der Waals surface area contributed by atoms with Gasteiger partial charge in [-0.3, -0.25) is 24.6 Å². The molecule has 162 valence electrons. The zero-order valence-corrected chi connectivity index (χ0v) is 17.9. The van der Waals surface area contributed by atoms with Crippen molar-refractivity contribution in [3.8, 4) is 0 Å². The first-order chi connectivity index (χ1) is 14.9. The number of fused-ring (bicyclic) bond motifs is 1. The van der Waals surface area contributed by atoms with Gasteiger partial charge in [0.25, 0.3) is 0 Å². The van der Waals surface area contributed by atoms with Gasteiger partial charge in [0, 0.05) is 19.0 Å². The first-order valence-electron chi connectivity index (χ1n) is 10.9. The van der Waals surface area contributed by atoms with E-state index in [9.17, 15) is 19.5 Å². The second-order valence-corrected chi connectivity index (χ2v) is 8.60. The lowest BCUT2D eigenvalue weighted by Crippen LogP contribution is -2.57. The lowest BCUT2D eigenvalue weighted by atomic mass is 9.76. The van der Waals surface area contributed by atoms with Gasteiger partial charge in [0.2, 0.25) is 11.8 Å². The Balaban J connectivity index is 1.84. The summed E-state index contributed by atoms with van der Waals surface area (Å²) in [4.78, 5) is 41.0. The summed E-state index contributed by atoms with van der Waals surface area (Å²) >= 11 is 0. The van der Waals surface area contributed by atoms with Crippen LogP contribution in [0.5, 0.6) is 0 Å². The molecule has 2 saturated heterocycles. The van der Waals surface area contributed by atoms with E-state index in [0.717, 1.165) is 23.1 Å². The number of carbonyl (C=O) groups excluding carboxylic acids is 2. The molecule has 4 atom stereocenters. The highest BCUT2D eigenvalue weighted by molar-refractivity contribution is 6.09. The Kier molecular flexibility index (Phi) is 5.67. The molecule has 2 heterocycles. The molecule has 2 aliphatic rings. The summed E-state index contributed by atoms with van der Waals surface area (Å²) < 4.78 is 0. The van der Waals surface area contributed by atoms with Crippen molar-refractivity contribution < 1.29 is 19.5 Å². The molecule has 0 saturated carbocycles. The predicted molar refractivity (Wildman–Crippen MR) is 116 cm³/mol. The Hall–Kier alpha value is -2.99. The van der Waals surface area contributed by atoms with E-state index in [0.29, 0.717) is 13.0 Å². The van der Waals surface area contributed by atoms with Gasteiger partial charge in [-0.2, -0.15) is 0 Å². The molecule has 2 fully saturated rings. The quantitative estimate of drug-likeness (QED) is 0.672. The molecule has 2 aliphatic heterocycles. The molecule has 4 unspecified atom stereocenters. The van der Waals surface area contributed by atoms with Gasteiger partial charge in [-0.05, 0) is 30.0 Å². The zero-order valence-electron chi connectivity index (χ0n) is 17.9. The summed E-state index contributed by atoms with van der Waals surface area (Å²) in [6, 6.07) is 16.4.